The zero-order valence-electron chi connectivity index (χ0n) is 19.8. The number of pyridine rings is 2. The number of alkyl halides is 3. The van der Waals surface area contributed by atoms with E-state index in [4.69, 9.17) is 10.00 Å². The Bertz CT molecular complexity index is 1280. The predicted octanol–water partition coefficient (Wildman–Crippen LogP) is 3.01. The molecule has 194 valence electrons. The highest BCUT2D eigenvalue weighted by atomic mass is 32.1. The van der Waals surface area contributed by atoms with Crippen molar-refractivity contribution in [3.8, 4) is 11.9 Å². The number of amides is 1. The Morgan fingerprint density at radius 2 is 1.86 bits per heavy atom. The zero-order valence-corrected chi connectivity index (χ0v) is 20.7. The van der Waals surface area contributed by atoms with Crippen LogP contribution in [-0.2, 0) is 15.8 Å². The lowest BCUT2D eigenvalue weighted by Gasteiger charge is -2.42. The first kappa shape index (κ1) is 25.3. The van der Waals surface area contributed by atoms with Gasteiger partial charge in [-0.3, -0.25) is 14.5 Å². The van der Waals surface area contributed by atoms with Crippen molar-refractivity contribution < 1.29 is 27.5 Å². The van der Waals surface area contributed by atoms with Gasteiger partial charge in [0.2, 0.25) is 5.88 Å². The molecule has 1 spiro atoms. The van der Waals surface area contributed by atoms with Crippen molar-refractivity contribution in [2.24, 2.45) is 0 Å². The summed E-state index contributed by atoms with van der Waals surface area (Å²) in [4.78, 5) is 39.1. The van der Waals surface area contributed by atoms with Gasteiger partial charge < -0.3 is 14.5 Å². The molecule has 2 aromatic rings. The number of nitriles is 1. The van der Waals surface area contributed by atoms with Gasteiger partial charge in [0.05, 0.1) is 29.3 Å². The van der Waals surface area contributed by atoms with E-state index in [1.165, 1.54) is 17.2 Å². The highest BCUT2D eigenvalue weighted by Crippen LogP contribution is 2.48. The van der Waals surface area contributed by atoms with Crippen LogP contribution in [0.1, 0.15) is 36.9 Å². The lowest BCUT2D eigenvalue weighted by Crippen LogP contribution is -2.63. The summed E-state index contributed by atoms with van der Waals surface area (Å²) in [6.07, 6.45) is -0.290. The van der Waals surface area contributed by atoms with E-state index >= 15 is 0 Å². The van der Waals surface area contributed by atoms with Gasteiger partial charge in [0, 0.05) is 25.6 Å². The fourth-order valence-corrected chi connectivity index (χ4v) is 5.59. The van der Waals surface area contributed by atoms with E-state index in [1.54, 1.807) is 12.1 Å². The molecular weight excluding hydrogens is 509 g/mol. The molecule has 5 rings (SSSR count). The summed E-state index contributed by atoms with van der Waals surface area (Å²) in [6.45, 7) is 1.83. The van der Waals surface area contributed by atoms with Crippen LogP contribution in [0.3, 0.4) is 0 Å². The van der Waals surface area contributed by atoms with Gasteiger partial charge >= 0.3 is 6.18 Å². The molecular formula is C24H23F3N6O3S. The lowest BCUT2D eigenvalue weighted by molar-refractivity contribution is -0.140. The van der Waals surface area contributed by atoms with Crippen LogP contribution >= 0.6 is 12.6 Å². The average molecular weight is 533 g/mol. The van der Waals surface area contributed by atoms with Gasteiger partial charge in [-0.25, -0.2) is 9.97 Å². The van der Waals surface area contributed by atoms with Crippen LogP contribution in [0.25, 0.3) is 0 Å². The van der Waals surface area contributed by atoms with Crippen molar-refractivity contribution >= 4 is 35.7 Å². The number of hydrogen-bond donors (Lipinski definition) is 1. The largest absolute Gasteiger partial charge is 0.474 e. The Kier molecular flexibility index (Phi) is 6.27. The molecule has 0 aromatic carbocycles. The van der Waals surface area contributed by atoms with Gasteiger partial charge in [-0.05, 0) is 38.4 Å². The molecule has 2 atom stereocenters. The van der Waals surface area contributed by atoms with Crippen LogP contribution in [0, 0.1) is 11.3 Å². The minimum Gasteiger partial charge on any atom is -0.474 e. The van der Waals surface area contributed by atoms with Crippen molar-refractivity contribution in [2.45, 2.75) is 49.0 Å². The van der Waals surface area contributed by atoms with Gasteiger partial charge in [-0.1, -0.05) is 0 Å². The number of ketones is 1. The maximum atomic E-state index is 13.6. The van der Waals surface area contributed by atoms with Gasteiger partial charge in [0.15, 0.2) is 22.5 Å². The third kappa shape index (κ3) is 4.18. The molecule has 1 amide bonds. The average Bonchev–Trinajstić information content (AvgIpc) is 3.12. The van der Waals surface area contributed by atoms with E-state index < -0.39 is 34.4 Å². The van der Waals surface area contributed by atoms with E-state index in [9.17, 15) is 22.8 Å². The quantitative estimate of drug-likeness (QED) is 0.474. The molecule has 3 aliphatic rings. The van der Waals surface area contributed by atoms with Crippen LogP contribution < -0.4 is 14.5 Å². The summed E-state index contributed by atoms with van der Waals surface area (Å²) in [5.41, 5.74) is -4.61. The second-order valence-electron chi connectivity index (χ2n) is 9.35. The van der Waals surface area contributed by atoms with Crippen LogP contribution in [-0.4, -0.2) is 63.8 Å². The van der Waals surface area contributed by atoms with Gasteiger partial charge in [0.25, 0.3) is 5.91 Å². The predicted molar refractivity (Wildman–Crippen MR) is 129 cm³/mol. The maximum Gasteiger partial charge on any atom is 0.419 e. The number of thiol groups is 1. The number of nitrogens with zero attached hydrogens (tertiary/aromatic N) is 6. The van der Waals surface area contributed by atoms with Crippen molar-refractivity contribution in [1.82, 2.24) is 14.9 Å². The van der Waals surface area contributed by atoms with Crippen molar-refractivity contribution in [3.05, 3.63) is 41.9 Å². The molecule has 1 saturated carbocycles. The number of likely N-dealkylation sites (tertiary alicyclic amines) is 1. The Labute approximate surface area is 216 Å². The number of rotatable bonds is 4. The Hall–Kier alpha value is -3.37. The zero-order chi connectivity index (χ0) is 26.5. The van der Waals surface area contributed by atoms with Crippen molar-refractivity contribution in [2.75, 3.05) is 29.9 Å². The van der Waals surface area contributed by atoms with Crippen molar-refractivity contribution in [1.29, 1.82) is 5.26 Å². The van der Waals surface area contributed by atoms with Gasteiger partial charge in [-0.2, -0.15) is 18.4 Å². The van der Waals surface area contributed by atoms with Crippen LogP contribution in [0.4, 0.5) is 24.5 Å². The molecule has 2 aliphatic heterocycles. The van der Waals surface area contributed by atoms with E-state index in [1.807, 2.05) is 7.05 Å². The highest BCUT2D eigenvalue weighted by molar-refractivity contribution is 7.81. The maximum absolute atomic E-state index is 13.6. The lowest BCUT2D eigenvalue weighted by atomic mass is 9.74. The molecule has 2 unspecified atom stereocenters. The van der Waals surface area contributed by atoms with Crippen LogP contribution in [0.5, 0.6) is 5.88 Å². The Morgan fingerprint density at radius 3 is 2.41 bits per heavy atom. The fourth-order valence-electron chi connectivity index (χ4n) is 5.02. The molecule has 2 saturated heterocycles. The normalized spacial score (nSPS) is 24.9. The fraction of sp³-hybridized carbons (Fsp3) is 0.458. The third-order valence-corrected chi connectivity index (χ3v) is 7.60. The molecule has 1 aliphatic carbocycles. The molecule has 3 fully saturated rings. The summed E-state index contributed by atoms with van der Waals surface area (Å²) in [5.74, 6) is -0.658. The first-order valence-electron chi connectivity index (χ1n) is 11.7. The summed E-state index contributed by atoms with van der Waals surface area (Å²) in [5, 5.41) is 9.05. The summed E-state index contributed by atoms with van der Waals surface area (Å²) < 4.78 is 46.6. The number of hydrogen-bond acceptors (Lipinski definition) is 9. The molecule has 0 bridgehead atoms. The third-order valence-electron chi connectivity index (χ3n) is 7.14. The smallest absolute Gasteiger partial charge is 0.419 e. The number of Topliss-reactive ketones (excluding diaryl/α,β-unsaturated/α-hetero) is 1. The van der Waals surface area contributed by atoms with E-state index in [2.05, 4.69) is 27.5 Å². The number of anilines is 2. The monoisotopic (exact) mass is 532 g/mol. The second kappa shape index (κ2) is 9.18. The number of carbonyl (C=O) groups excluding carboxylic acids is 2. The number of aromatic nitrogens is 2. The number of piperidine rings is 1. The molecule has 13 heteroatoms. The minimum absolute atomic E-state index is 0.0299. The van der Waals surface area contributed by atoms with Crippen LogP contribution in [0.2, 0.25) is 0 Å². The molecule has 2 aromatic heterocycles. The van der Waals surface area contributed by atoms with E-state index in [0.29, 0.717) is 17.6 Å². The summed E-state index contributed by atoms with van der Waals surface area (Å²) in [6, 6.07) is 5.40. The summed E-state index contributed by atoms with van der Waals surface area (Å²) >= 11 is 4.54. The van der Waals surface area contributed by atoms with E-state index in [0.717, 1.165) is 37.0 Å². The number of ether oxygens (including phenoxy) is 1. The Morgan fingerprint density at radius 1 is 1.16 bits per heavy atom. The van der Waals surface area contributed by atoms with Crippen LogP contribution in [0.15, 0.2) is 30.6 Å². The standard InChI is InChI=1S/C24H23F3N6O3S/c1-31-8-5-16(6-9-31)36-20-3-2-14(12-30-20)33-22(37)32(21(35)23(33)7-4-19(23)34)15-10-17(24(25,26)27)18(11-28)29-13-15/h2-3,10,12-13,16,22,37H,4-9H2,1H3. The molecule has 37 heavy (non-hydrogen) atoms. The first-order chi connectivity index (χ1) is 17.6. The number of halogens is 3. The molecule has 4 heterocycles. The second-order valence-corrected chi connectivity index (χ2v) is 9.81. The summed E-state index contributed by atoms with van der Waals surface area (Å²) in [7, 11) is 2.05. The van der Waals surface area contributed by atoms with E-state index in [-0.39, 0.29) is 30.4 Å². The minimum atomic E-state index is -4.86. The molecule has 0 N–H and O–H groups in total. The molecule has 0 radical (unpaired) electrons. The van der Waals surface area contributed by atoms with Gasteiger partial charge in [0.1, 0.15) is 12.2 Å². The van der Waals surface area contributed by atoms with Crippen molar-refractivity contribution in [3.63, 3.8) is 0 Å². The number of carbonyl (C=O) groups is 2. The first-order valence-corrected chi connectivity index (χ1v) is 12.2. The molecule has 9 nitrogen and oxygen atoms in total. The SMILES string of the molecule is CN1CCC(Oc2ccc(N3C(S)N(c4cnc(C#N)c(C(F)(F)F)c4)C(=O)C34CCC4=O)cn2)CC1. The Balaban J connectivity index is 1.46. The topological polar surface area (TPSA) is 103 Å². The van der Waals surface area contributed by atoms with Gasteiger partial charge in [-0.15, -0.1) is 12.6 Å². The highest BCUT2D eigenvalue weighted by Gasteiger charge is 2.66.